The van der Waals surface area contributed by atoms with Crippen molar-refractivity contribution in [1.29, 1.82) is 0 Å². The van der Waals surface area contributed by atoms with Crippen LogP contribution in [-0.4, -0.2) is 53.0 Å². The van der Waals surface area contributed by atoms with E-state index in [1.807, 2.05) is 0 Å². The van der Waals surface area contributed by atoms with Gasteiger partial charge < -0.3 is 15.3 Å². The molecule has 1 amide bonds. The quantitative estimate of drug-likeness (QED) is 0.301. The lowest BCUT2D eigenvalue weighted by atomic mass is 9.98. The van der Waals surface area contributed by atoms with Crippen LogP contribution in [0, 0.1) is 5.82 Å². The van der Waals surface area contributed by atoms with Gasteiger partial charge in [-0.3, -0.25) is 19.0 Å². The number of H-pyrrole nitrogens is 1. The highest BCUT2D eigenvalue weighted by atomic mass is 19.4. The van der Waals surface area contributed by atoms with E-state index in [2.05, 4.69) is 20.5 Å². The number of rotatable bonds is 7. The minimum atomic E-state index is -4.75. The first-order valence-electron chi connectivity index (χ1n) is 12.1. The summed E-state index contributed by atoms with van der Waals surface area (Å²) in [7, 11) is 1.39. The number of benzene rings is 2. The summed E-state index contributed by atoms with van der Waals surface area (Å²) in [6.07, 6.45) is 0.370. The maximum Gasteiger partial charge on any atom is 0.416 e. The number of nitrogens with one attached hydrogen (secondary N) is 2. The highest BCUT2D eigenvalue weighted by molar-refractivity contribution is 5.95. The summed E-state index contributed by atoms with van der Waals surface area (Å²) in [5.74, 6) is -0.589. The number of carbonyl (C=O) groups is 1. The van der Waals surface area contributed by atoms with Crippen LogP contribution in [-0.2, 0) is 31.0 Å². The molecule has 40 heavy (non-hydrogen) atoms. The molecule has 0 fully saturated rings. The Hall–Kier alpha value is -4.72. The minimum Gasteiger partial charge on any atom is -0.370 e. The molecule has 0 bridgehead atoms. The van der Waals surface area contributed by atoms with Crippen molar-refractivity contribution in [1.82, 2.24) is 29.2 Å². The average molecular weight is 558 g/mol. The molecule has 14 heteroatoms. The second kappa shape index (κ2) is 10.4. The van der Waals surface area contributed by atoms with E-state index in [4.69, 9.17) is 0 Å². The fourth-order valence-corrected chi connectivity index (χ4v) is 4.52. The van der Waals surface area contributed by atoms with E-state index >= 15 is 0 Å². The van der Waals surface area contributed by atoms with Gasteiger partial charge in [0.15, 0.2) is 0 Å². The number of allylic oxidation sites excluding steroid dienone is 2. The van der Waals surface area contributed by atoms with Gasteiger partial charge in [-0.05, 0) is 54.1 Å². The summed E-state index contributed by atoms with van der Waals surface area (Å²) in [5, 5.41) is 19.7. The Morgan fingerprint density at radius 2 is 1.95 bits per heavy atom. The molecule has 1 unspecified atom stereocenters. The zero-order chi connectivity index (χ0) is 28.6. The maximum absolute atomic E-state index is 13.9. The van der Waals surface area contributed by atoms with Crippen molar-refractivity contribution in [2.24, 2.45) is 7.05 Å². The number of nitrogens with zero attached hydrogens (tertiary/aromatic N) is 5. The molecule has 0 saturated carbocycles. The van der Waals surface area contributed by atoms with Crippen molar-refractivity contribution in [2.45, 2.75) is 25.4 Å². The number of carbonyl (C=O) groups excluding carboxylic acids is 1. The van der Waals surface area contributed by atoms with Gasteiger partial charge in [0.25, 0.3) is 0 Å². The molecule has 3 heterocycles. The molecule has 0 saturated heterocycles. The molecule has 2 aromatic carbocycles. The van der Waals surface area contributed by atoms with Gasteiger partial charge >= 0.3 is 11.9 Å². The maximum atomic E-state index is 13.9. The van der Waals surface area contributed by atoms with E-state index < -0.39 is 41.9 Å². The van der Waals surface area contributed by atoms with E-state index in [0.717, 1.165) is 33.4 Å². The molecule has 0 radical (unpaired) electrons. The lowest BCUT2D eigenvalue weighted by Gasteiger charge is -2.28. The summed E-state index contributed by atoms with van der Waals surface area (Å²) < 4.78 is 57.1. The van der Waals surface area contributed by atoms with Gasteiger partial charge in [-0.15, -0.1) is 0 Å². The van der Waals surface area contributed by atoms with Crippen LogP contribution in [0.1, 0.15) is 17.0 Å². The van der Waals surface area contributed by atoms with Crippen LogP contribution in [0.15, 0.2) is 65.9 Å². The molecule has 1 atom stereocenters. The van der Waals surface area contributed by atoms with Crippen LogP contribution < -0.4 is 11.0 Å². The summed E-state index contributed by atoms with van der Waals surface area (Å²) in [4.78, 5) is 31.4. The van der Waals surface area contributed by atoms with E-state index in [1.54, 1.807) is 17.2 Å². The number of amides is 1. The zero-order valence-electron chi connectivity index (χ0n) is 21.0. The van der Waals surface area contributed by atoms with E-state index in [-0.39, 0.29) is 27.9 Å². The molecule has 1 aliphatic rings. The Kier molecular flexibility index (Phi) is 7.02. The van der Waals surface area contributed by atoms with Crippen LogP contribution >= 0.6 is 0 Å². The minimum absolute atomic E-state index is 0.0623. The molecule has 10 nitrogen and oxygen atoms in total. The number of aryl methyl sites for hydroxylation is 1. The van der Waals surface area contributed by atoms with Gasteiger partial charge in [0.2, 0.25) is 5.91 Å². The Morgan fingerprint density at radius 1 is 1.20 bits per heavy atom. The Labute approximate surface area is 223 Å². The number of imidazole rings is 1. The summed E-state index contributed by atoms with van der Waals surface area (Å²) in [6.45, 7) is -0.228. The van der Waals surface area contributed by atoms with Crippen molar-refractivity contribution in [2.75, 3.05) is 11.9 Å². The number of halogens is 4. The number of aromatic amines is 1. The molecule has 0 spiro atoms. The summed E-state index contributed by atoms with van der Waals surface area (Å²) in [6, 6.07) is 6.64. The Balaban J connectivity index is 1.51. The second-order valence-electron chi connectivity index (χ2n) is 9.14. The van der Waals surface area contributed by atoms with Crippen molar-refractivity contribution in [3.63, 3.8) is 0 Å². The van der Waals surface area contributed by atoms with Crippen LogP contribution in [0.5, 0.6) is 0 Å². The van der Waals surface area contributed by atoms with Crippen molar-refractivity contribution in [3.8, 4) is 0 Å². The smallest absolute Gasteiger partial charge is 0.370 e. The predicted molar refractivity (Wildman–Crippen MR) is 137 cm³/mol. The highest BCUT2D eigenvalue weighted by Gasteiger charge is 2.33. The average Bonchev–Trinajstić information content (AvgIpc) is 3.51. The lowest BCUT2D eigenvalue weighted by Crippen LogP contribution is -2.32. The molecule has 0 aliphatic carbocycles. The van der Waals surface area contributed by atoms with Crippen LogP contribution in [0.4, 0.5) is 23.2 Å². The third-order valence-electron chi connectivity index (χ3n) is 6.49. The van der Waals surface area contributed by atoms with Crippen molar-refractivity contribution < 1.29 is 27.5 Å². The lowest BCUT2D eigenvalue weighted by molar-refractivity contribution is -0.137. The standard InChI is InChI=1S/C26H23F4N7O3/c1-35-24-19(15-6-8-36(23(39)10-15)9-7-21-31-14-32-34-21)11-16(26(28,29)30)12-20(24)37(25(35)40)13-22(38)33-18-4-2-17(27)3-5-18/h2-6,8,10-12,14,23,39H,7,9,13H2,1H3,(H,33,38)(H,31,32,34). The van der Waals surface area contributed by atoms with Gasteiger partial charge in [0, 0.05) is 37.5 Å². The first kappa shape index (κ1) is 26.9. The van der Waals surface area contributed by atoms with Crippen LogP contribution in [0.25, 0.3) is 16.6 Å². The molecular weight excluding hydrogens is 534 g/mol. The third-order valence-corrected chi connectivity index (χ3v) is 6.49. The molecule has 4 aromatic rings. The second-order valence-corrected chi connectivity index (χ2v) is 9.14. The SMILES string of the molecule is Cn1c(=O)n(CC(=O)Nc2ccc(F)cc2)c2cc(C(F)(F)F)cc(C3=CC(O)N(CCc4ncn[nH]4)C=C3)c21. The zero-order valence-corrected chi connectivity index (χ0v) is 21.0. The molecule has 1 aliphatic heterocycles. The van der Waals surface area contributed by atoms with Gasteiger partial charge in [-0.25, -0.2) is 14.2 Å². The molecule has 3 N–H and O–H groups in total. The fraction of sp³-hybridized carbons (Fsp3) is 0.231. The highest BCUT2D eigenvalue weighted by Crippen LogP contribution is 2.36. The number of anilines is 1. The number of aliphatic hydroxyl groups is 1. The Morgan fingerprint density at radius 3 is 2.60 bits per heavy atom. The number of aliphatic hydroxyl groups excluding tert-OH is 1. The van der Waals surface area contributed by atoms with Gasteiger partial charge in [0.1, 0.15) is 30.7 Å². The van der Waals surface area contributed by atoms with Crippen molar-refractivity contribution >= 4 is 28.2 Å². The molecule has 208 valence electrons. The van der Waals surface area contributed by atoms with E-state index in [1.165, 1.54) is 31.6 Å². The largest absolute Gasteiger partial charge is 0.416 e. The number of fused-ring (bicyclic) bond motifs is 1. The molecule has 5 rings (SSSR count). The summed E-state index contributed by atoms with van der Waals surface area (Å²) in [5.41, 5.74) is -1.09. The Bertz CT molecular complexity index is 1670. The first-order chi connectivity index (χ1) is 19.0. The number of hydrogen-bond donors (Lipinski definition) is 3. The molecule has 2 aromatic heterocycles. The summed E-state index contributed by atoms with van der Waals surface area (Å²) >= 11 is 0. The van der Waals surface area contributed by atoms with E-state index in [9.17, 15) is 32.3 Å². The normalized spacial score (nSPS) is 15.5. The van der Waals surface area contributed by atoms with Crippen LogP contribution in [0.2, 0.25) is 0 Å². The van der Waals surface area contributed by atoms with E-state index in [0.29, 0.717) is 18.8 Å². The molecular formula is C26H23F4N7O3. The number of alkyl halides is 3. The third kappa shape index (κ3) is 5.38. The number of aromatic nitrogens is 5. The van der Waals surface area contributed by atoms with Gasteiger partial charge in [-0.1, -0.05) is 0 Å². The fourth-order valence-electron chi connectivity index (χ4n) is 4.52. The predicted octanol–water partition coefficient (Wildman–Crippen LogP) is 3.03. The number of hydrogen-bond acceptors (Lipinski definition) is 6. The van der Waals surface area contributed by atoms with Gasteiger partial charge in [-0.2, -0.15) is 18.3 Å². The van der Waals surface area contributed by atoms with Crippen LogP contribution in [0.3, 0.4) is 0 Å². The topological polar surface area (TPSA) is 121 Å². The van der Waals surface area contributed by atoms with Crippen molar-refractivity contribution in [3.05, 3.63) is 94.3 Å². The monoisotopic (exact) mass is 557 g/mol. The van der Waals surface area contributed by atoms with Gasteiger partial charge in [0.05, 0.1) is 16.6 Å². The first-order valence-corrected chi connectivity index (χ1v) is 12.1.